The summed E-state index contributed by atoms with van der Waals surface area (Å²) in [5.74, 6) is -0.675. The largest absolute Gasteiger partial charge is 0.507 e. The number of aryl methyl sites for hydroxylation is 1. The highest BCUT2D eigenvalue weighted by Crippen LogP contribution is 2.24. The lowest BCUT2D eigenvalue weighted by molar-refractivity contribution is -0.130. The normalized spacial score (nSPS) is 22.2. The molecule has 1 aromatic rings. The van der Waals surface area contributed by atoms with Crippen LogP contribution in [0.15, 0.2) is 18.2 Å². The minimum atomic E-state index is -0.891. The number of phenolic OH excluding ortho intramolecular Hbond substituents is 1. The number of rotatable bonds is 4. The molecule has 5 nitrogen and oxygen atoms in total. The maximum absolute atomic E-state index is 12.2. The van der Waals surface area contributed by atoms with E-state index in [0.717, 1.165) is 24.8 Å². The maximum atomic E-state index is 12.2. The van der Waals surface area contributed by atoms with Crippen LogP contribution < -0.4 is 5.32 Å². The van der Waals surface area contributed by atoms with Crippen molar-refractivity contribution in [2.45, 2.75) is 58.6 Å². The van der Waals surface area contributed by atoms with E-state index in [-0.39, 0.29) is 23.3 Å². The Morgan fingerprint density at radius 2 is 2.00 bits per heavy atom. The van der Waals surface area contributed by atoms with E-state index in [2.05, 4.69) is 12.2 Å². The first-order valence-electron chi connectivity index (χ1n) is 8.19. The molecule has 1 amide bonds. The van der Waals surface area contributed by atoms with Gasteiger partial charge < -0.3 is 15.2 Å². The first-order chi connectivity index (χ1) is 10.9. The van der Waals surface area contributed by atoms with E-state index in [4.69, 9.17) is 4.74 Å². The molecular formula is C18H25NO4. The Kier molecular flexibility index (Phi) is 5.64. The first-order valence-corrected chi connectivity index (χ1v) is 8.19. The molecule has 0 heterocycles. The summed E-state index contributed by atoms with van der Waals surface area (Å²) in [5.41, 5.74) is 0.914. The quantitative estimate of drug-likeness (QED) is 0.837. The highest BCUT2D eigenvalue weighted by atomic mass is 16.5. The van der Waals surface area contributed by atoms with Gasteiger partial charge in [-0.15, -0.1) is 0 Å². The monoisotopic (exact) mass is 319 g/mol. The summed E-state index contributed by atoms with van der Waals surface area (Å²) in [6.07, 6.45) is 3.49. The van der Waals surface area contributed by atoms with E-state index < -0.39 is 12.1 Å². The van der Waals surface area contributed by atoms with Gasteiger partial charge in [-0.05, 0) is 50.3 Å². The van der Waals surface area contributed by atoms with Gasteiger partial charge in [0, 0.05) is 6.04 Å². The van der Waals surface area contributed by atoms with Crippen LogP contribution in [0.2, 0.25) is 0 Å². The number of carbonyl (C=O) groups excluding carboxylic acids is 2. The molecule has 0 saturated heterocycles. The Labute approximate surface area is 137 Å². The van der Waals surface area contributed by atoms with Crippen LogP contribution in [0.3, 0.4) is 0 Å². The molecule has 0 aliphatic heterocycles. The van der Waals surface area contributed by atoms with Gasteiger partial charge in [-0.25, -0.2) is 4.79 Å². The Bertz CT molecular complexity index is 584. The molecule has 1 aliphatic carbocycles. The number of amides is 1. The highest BCUT2D eigenvalue weighted by molar-refractivity contribution is 5.94. The number of aromatic hydroxyl groups is 1. The summed E-state index contributed by atoms with van der Waals surface area (Å²) in [4.78, 5) is 24.3. The van der Waals surface area contributed by atoms with Gasteiger partial charge in [-0.3, -0.25) is 4.79 Å². The zero-order valence-corrected chi connectivity index (χ0v) is 14.0. The van der Waals surface area contributed by atoms with Gasteiger partial charge in [-0.1, -0.05) is 25.8 Å². The van der Waals surface area contributed by atoms with E-state index >= 15 is 0 Å². The van der Waals surface area contributed by atoms with E-state index in [1.807, 2.05) is 6.92 Å². The van der Waals surface area contributed by atoms with Crippen molar-refractivity contribution in [3.05, 3.63) is 29.3 Å². The van der Waals surface area contributed by atoms with Crippen molar-refractivity contribution in [3.8, 4) is 5.75 Å². The van der Waals surface area contributed by atoms with E-state index in [9.17, 15) is 14.7 Å². The molecule has 23 heavy (non-hydrogen) atoms. The van der Waals surface area contributed by atoms with Gasteiger partial charge >= 0.3 is 5.97 Å². The second-order valence-electron chi connectivity index (χ2n) is 6.44. The average molecular weight is 319 g/mol. The average Bonchev–Trinajstić information content (AvgIpc) is 2.49. The third-order valence-corrected chi connectivity index (χ3v) is 4.47. The second kappa shape index (κ2) is 7.49. The molecule has 0 radical (unpaired) electrons. The predicted molar refractivity (Wildman–Crippen MR) is 87.3 cm³/mol. The minimum absolute atomic E-state index is 0.0706. The topological polar surface area (TPSA) is 75.6 Å². The van der Waals surface area contributed by atoms with Crippen LogP contribution >= 0.6 is 0 Å². The number of phenols is 1. The molecule has 0 bridgehead atoms. The summed E-state index contributed by atoms with van der Waals surface area (Å²) >= 11 is 0. The van der Waals surface area contributed by atoms with E-state index in [0.29, 0.717) is 5.92 Å². The zero-order chi connectivity index (χ0) is 17.0. The molecule has 1 aromatic carbocycles. The van der Waals surface area contributed by atoms with Gasteiger partial charge in [-0.2, -0.15) is 0 Å². The second-order valence-corrected chi connectivity index (χ2v) is 6.44. The lowest BCUT2D eigenvalue weighted by atomic mass is 9.86. The summed E-state index contributed by atoms with van der Waals surface area (Å²) in [5, 5.41) is 12.8. The highest BCUT2D eigenvalue weighted by Gasteiger charge is 2.27. The van der Waals surface area contributed by atoms with Crippen LogP contribution in [-0.2, 0) is 9.53 Å². The molecular weight excluding hydrogens is 294 g/mol. The number of carbonyl (C=O) groups is 2. The van der Waals surface area contributed by atoms with Gasteiger partial charge in [0.2, 0.25) is 0 Å². The fourth-order valence-electron chi connectivity index (χ4n) is 2.92. The van der Waals surface area contributed by atoms with Crippen LogP contribution in [0.4, 0.5) is 0 Å². The van der Waals surface area contributed by atoms with Gasteiger partial charge in [0.1, 0.15) is 11.3 Å². The molecule has 1 fully saturated rings. The van der Waals surface area contributed by atoms with Gasteiger partial charge in [0.15, 0.2) is 6.10 Å². The molecule has 3 atom stereocenters. The van der Waals surface area contributed by atoms with Gasteiger partial charge in [0.05, 0.1) is 0 Å². The lowest BCUT2D eigenvalue weighted by Crippen LogP contribution is -2.45. The van der Waals surface area contributed by atoms with Crippen LogP contribution in [0.1, 0.15) is 55.5 Å². The molecule has 1 saturated carbocycles. The zero-order valence-electron chi connectivity index (χ0n) is 14.0. The van der Waals surface area contributed by atoms with Crippen LogP contribution in [-0.4, -0.2) is 29.1 Å². The molecule has 2 N–H and O–H groups in total. The number of hydrogen-bond acceptors (Lipinski definition) is 4. The Morgan fingerprint density at radius 1 is 1.30 bits per heavy atom. The molecule has 0 spiro atoms. The predicted octanol–water partition coefficient (Wildman–Crippen LogP) is 2.94. The third-order valence-electron chi connectivity index (χ3n) is 4.47. The van der Waals surface area contributed by atoms with Crippen molar-refractivity contribution in [1.29, 1.82) is 0 Å². The van der Waals surface area contributed by atoms with Crippen molar-refractivity contribution < 1.29 is 19.4 Å². The molecule has 0 aromatic heterocycles. The summed E-state index contributed by atoms with van der Waals surface area (Å²) < 4.78 is 5.18. The van der Waals surface area contributed by atoms with Crippen LogP contribution in [0.5, 0.6) is 5.75 Å². The van der Waals surface area contributed by atoms with Crippen molar-refractivity contribution in [2.24, 2.45) is 5.92 Å². The fourth-order valence-corrected chi connectivity index (χ4v) is 2.92. The Balaban J connectivity index is 1.93. The number of benzene rings is 1. The summed E-state index contributed by atoms with van der Waals surface area (Å²) in [7, 11) is 0. The minimum Gasteiger partial charge on any atom is -0.507 e. The summed E-state index contributed by atoms with van der Waals surface area (Å²) in [6, 6.07) is 4.85. The smallest absolute Gasteiger partial charge is 0.342 e. The van der Waals surface area contributed by atoms with Crippen molar-refractivity contribution >= 4 is 11.9 Å². The van der Waals surface area contributed by atoms with Crippen molar-refractivity contribution in [2.75, 3.05) is 0 Å². The van der Waals surface area contributed by atoms with E-state index in [1.165, 1.54) is 18.6 Å². The first kappa shape index (κ1) is 17.3. The fraction of sp³-hybridized carbons (Fsp3) is 0.556. The number of ether oxygens (including phenoxy) is 1. The number of nitrogens with one attached hydrogen (secondary N) is 1. The van der Waals surface area contributed by atoms with Crippen LogP contribution in [0, 0.1) is 12.8 Å². The number of hydrogen-bond donors (Lipinski definition) is 2. The third kappa shape index (κ3) is 4.47. The molecule has 1 aliphatic rings. The Morgan fingerprint density at radius 3 is 2.65 bits per heavy atom. The Hall–Kier alpha value is -2.04. The SMILES string of the molecule is Cc1ccc(C(=O)O[C@H](C)C(=O)N[C@@H]2CCCC[C@@H]2C)c(O)c1. The number of esters is 1. The standard InChI is InChI=1S/C18H25NO4/c1-11-8-9-14(16(20)10-11)18(22)23-13(3)17(21)19-15-7-5-4-6-12(15)2/h8-10,12-13,15,20H,4-7H2,1-3H3,(H,19,21)/t12-,13+,15+/m0/s1. The van der Waals surface area contributed by atoms with Gasteiger partial charge in [0.25, 0.3) is 5.91 Å². The van der Waals surface area contributed by atoms with Crippen LogP contribution in [0.25, 0.3) is 0 Å². The van der Waals surface area contributed by atoms with Crippen molar-refractivity contribution in [1.82, 2.24) is 5.32 Å². The lowest BCUT2D eigenvalue weighted by Gasteiger charge is -2.30. The molecule has 0 unspecified atom stereocenters. The molecule has 5 heteroatoms. The van der Waals surface area contributed by atoms with E-state index in [1.54, 1.807) is 13.0 Å². The summed E-state index contributed by atoms with van der Waals surface area (Å²) in [6.45, 7) is 5.49. The maximum Gasteiger partial charge on any atom is 0.342 e. The molecule has 126 valence electrons. The molecule has 2 rings (SSSR count). The van der Waals surface area contributed by atoms with Crippen molar-refractivity contribution in [3.63, 3.8) is 0 Å².